The molecule has 3 aromatic rings. The van der Waals surface area contributed by atoms with Gasteiger partial charge in [-0.15, -0.1) is 0 Å². The van der Waals surface area contributed by atoms with E-state index in [-0.39, 0.29) is 5.91 Å². The first kappa shape index (κ1) is 16.4. The normalized spacial score (nSPS) is 10.4. The molecule has 0 aliphatic heterocycles. The van der Waals surface area contributed by atoms with Gasteiger partial charge in [-0.3, -0.25) is 14.8 Å². The molecule has 0 spiro atoms. The molecule has 4 nitrogen and oxygen atoms in total. The van der Waals surface area contributed by atoms with Gasteiger partial charge in [0.2, 0.25) is 0 Å². The summed E-state index contributed by atoms with van der Waals surface area (Å²) < 4.78 is 0. The third-order valence-corrected chi connectivity index (χ3v) is 4.17. The highest BCUT2D eigenvalue weighted by molar-refractivity contribution is 6.42. The lowest BCUT2D eigenvalue weighted by Gasteiger charge is -2.08. The summed E-state index contributed by atoms with van der Waals surface area (Å²) >= 11 is 11.8. The summed E-state index contributed by atoms with van der Waals surface area (Å²) in [5.41, 5.74) is 3.22. The van der Waals surface area contributed by atoms with Crippen molar-refractivity contribution in [3.8, 4) is 11.3 Å². The lowest BCUT2D eigenvalue weighted by Crippen LogP contribution is -2.22. The summed E-state index contributed by atoms with van der Waals surface area (Å²) in [4.78, 5) is 20.5. The van der Waals surface area contributed by atoms with Crippen molar-refractivity contribution in [3.05, 3.63) is 82.2 Å². The number of hydrogen-bond donors (Lipinski definition) is 1. The lowest BCUT2D eigenvalue weighted by atomic mass is 10.1. The zero-order valence-electron chi connectivity index (χ0n) is 12.5. The molecule has 0 radical (unpaired) electrons. The Bertz CT molecular complexity index is 869. The van der Waals surface area contributed by atoms with Crippen molar-refractivity contribution < 1.29 is 4.79 Å². The molecule has 0 aliphatic carbocycles. The SMILES string of the molecule is O=C(NCc1ccnc(-c2ccncc2)c1)c1ccc(Cl)c(Cl)c1. The van der Waals surface area contributed by atoms with Gasteiger partial charge in [0.05, 0.1) is 15.7 Å². The molecule has 0 aliphatic rings. The summed E-state index contributed by atoms with van der Waals surface area (Å²) in [5.74, 6) is -0.212. The molecule has 24 heavy (non-hydrogen) atoms. The van der Waals surface area contributed by atoms with Gasteiger partial charge in [-0.25, -0.2) is 0 Å². The van der Waals surface area contributed by atoms with E-state index in [0.717, 1.165) is 16.8 Å². The Kier molecular flexibility index (Phi) is 5.08. The predicted octanol–water partition coefficient (Wildman–Crippen LogP) is 4.38. The number of benzene rings is 1. The van der Waals surface area contributed by atoms with Gasteiger partial charge in [0.15, 0.2) is 0 Å². The van der Waals surface area contributed by atoms with E-state index in [1.54, 1.807) is 36.8 Å². The number of rotatable bonds is 4. The highest BCUT2D eigenvalue weighted by atomic mass is 35.5. The molecule has 2 aromatic heterocycles. The molecular weight excluding hydrogens is 345 g/mol. The molecule has 3 rings (SSSR count). The van der Waals surface area contributed by atoms with Crippen LogP contribution in [0.15, 0.2) is 61.1 Å². The summed E-state index contributed by atoms with van der Waals surface area (Å²) in [6, 6.07) is 12.4. The minimum absolute atomic E-state index is 0.212. The van der Waals surface area contributed by atoms with Crippen LogP contribution in [0.25, 0.3) is 11.3 Å². The van der Waals surface area contributed by atoms with Crippen molar-refractivity contribution in [1.82, 2.24) is 15.3 Å². The highest BCUT2D eigenvalue weighted by Crippen LogP contribution is 2.22. The summed E-state index contributed by atoms with van der Waals surface area (Å²) in [5, 5.41) is 3.64. The smallest absolute Gasteiger partial charge is 0.251 e. The first-order valence-electron chi connectivity index (χ1n) is 7.22. The third-order valence-electron chi connectivity index (χ3n) is 3.44. The average Bonchev–Trinajstić information content (AvgIpc) is 2.63. The van der Waals surface area contributed by atoms with Gasteiger partial charge in [-0.2, -0.15) is 0 Å². The number of halogens is 2. The second kappa shape index (κ2) is 7.43. The number of carbonyl (C=O) groups excluding carboxylic acids is 1. The zero-order chi connectivity index (χ0) is 16.9. The van der Waals surface area contributed by atoms with Crippen molar-refractivity contribution in [2.24, 2.45) is 0 Å². The van der Waals surface area contributed by atoms with Gasteiger partial charge in [-0.05, 0) is 48.0 Å². The Balaban J connectivity index is 1.70. The maximum Gasteiger partial charge on any atom is 0.251 e. The van der Waals surface area contributed by atoms with E-state index in [1.165, 1.54) is 0 Å². The number of pyridine rings is 2. The number of nitrogens with one attached hydrogen (secondary N) is 1. The molecular formula is C18H13Cl2N3O. The van der Waals surface area contributed by atoms with Crippen LogP contribution in [0.2, 0.25) is 10.0 Å². The Labute approximate surface area is 149 Å². The summed E-state index contributed by atoms with van der Waals surface area (Å²) in [7, 11) is 0. The van der Waals surface area contributed by atoms with E-state index < -0.39 is 0 Å². The summed E-state index contributed by atoms with van der Waals surface area (Å²) in [6.07, 6.45) is 5.15. The van der Waals surface area contributed by atoms with E-state index in [2.05, 4.69) is 15.3 Å². The average molecular weight is 358 g/mol. The fourth-order valence-electron chi connectivity index (χ4n) is 2.19. The minimum atomic E-state index is -0.212. The van der Waals surface area contributed by atoms with Crippen molar-refractivity contribution >= 4 is 29.1 Å². The van der Waals surface area contributed by atoms with E-state index in [4.69, 9.17) is 23.2 Å². The van der Waals surface area contributed by atoms with E-state index in [1.807, 2.05) is 24.3 Å². The van der Waals surface area contributed by atoms with Gasteiger partial charge in [0, 0.05) is 36.3 Å². The lowest BCUT2D eigenvalue weighted by molar-refractivity contribution is 0.0951. The maximum absolute atomic E-state index is 12.2. The van der Waals surface area contributed by atoms with E-state index >= 15 is 0 Å². The van der Waals surface area contributed by atoms with Crippen molar-refractivity contribution in [3.63, 3.8) is 0 Å². The number of hydrogen-bond acceptors (Lipinski definition) is 3. The summed E-state index contributed by atoms with van der Waals surface area (Å²) in [6.45, 7) is 0.389. The van der Waals surface area contributed by atoms with Crippen LogP contribution in [0.5, 0.6) is 0 Å². The molecule has 2 heterocycles. The quantitative estimate of drug-likeness (QED) is 0.753. The van der Waals surface area contributed by atoms with Gasteiger partial charge >= 0.3 is 0 Å². The van der Waals surface area contributed by atoms with Gasteiger partial charge in [-0.1, -0.05) is 23.2 Å². The van der Waals surface area contributed by atoms with Crippen molar-refractivity contribution in [2.45, 2.75) is 6.54 Å². The molecule has 120 valence electrons. The number of nitrogens with zero attached hydrogens (tertiary/aromatic N) is 2. The number of amides is 1. The minimum Gasteiger partial charge on any atom is -0.348 e. The van der Waals surface area contributed by atoms with Crippen molar-refractivity contribution in [2.75, 3.05) is 0 Å². The Hall–Kier alpha value is -2.43. The fourth-order valence-corrected chi connectivity index (χ4v) is 2.48. The number of aromatic nitrogens is 2. The number of carbonyl (C=O) groups is 1. The van der Waals surface area contributed by atoms with Gasteiger partial charge in [0.25, 0.3) is 5.91 Å². The monoisotopic (exact) mass is 357 g/mol. The van der Waals surface area contributed by atoms with E-state index in [0.29, 0.717) is 22.2 Å². The Morgan fingerprint density at radius 3 is 2.50 bits per heavy atom. The van der Waals surface area contributed by atoms with Crippen LogP contribution in [-0.2, 0) is 6.54 Å². The topological polar surface area (TPSA) is 54.9 Å². The van der Waals surface area contributed by atoms with Crippen molar-refractivity contribution in [1.29, 1.82) is 0 Å². The van der Waals surface area contributed by atoms with Crippen LogP contribution in [0.4, 0.5) is 0 Å². The fraction of sp³-hybridized carbons (Fsp3) is 0.0556. The van der Waals surface area contributed by atoms with Gasteiger partial charge < -0.3 is 5.32 Å². The first-order valence-corrected chi connectivity index (χ1v) is 7.97. The molecule has 1 N–H and O–H groups in total. The van der Waals surface area contributed by atoms with Crippen LogP contribution in [0, 0.1) is 0 Å². The molecule has 0 atom stereocenters. The molecule has 0 fully saturated rings. The van der Waals surface area contributed by atoms with Crippen LogP contribution in [0.3, 0.4) is 0 Å². The second-order valence-electron chi connectivity index (χ2n) is 5.10. The van der Waals surface area contributed by atoms with Crippen LogP contribution < -0.4 is 5.32 Å². The first-order chi connectivity index (χ1) is 11.6. The standard InChI is InChI=1S/C18H13Cl2N3O/c19-15-2-1-14(10-16(15)20)18(24)23-11-12-3-8-22-17(9-12)13-4-6-21-7-5-13/h1-10H,11H2,(H,23,24). The maximum atomic E-state index is 12.2. The molecule has 0 saturated heterocycles. The molecule has 0 saturated carbocycles. The molecule has 1 aromatic carbocycles. The largest absolute Gasteiger partial charge is 0.348 e. The highest BCUT2D eigenvalue weighted by Gasteiger charge is 2.08. The molecule has 0 bridgehead atoms. The van der Waals surface area contributed by atoms with Crippen LogP contribution in [0.1, 0.15) is 15.9 Å². The second-order valence-corrected chi connectivity index (χ2v) is 5.91. The van der Waals surface area contributed by atoms with Crippen LogP contribution in [-0.4, -0.2) is 15.9 Å². The Morgan fingerprint density at radius 1 is 0.958 bits per heavy atom. The predicted molar refractivity (Wildman–Crippen MR) is 95.1 cm³/mol. The van der Waals surface area contributed by atoms with E-state index in [9.17, 15) is 4.79 Å². The molecule has 1 amide bonds. The van der Waals surface area contributed by atoms with Gasteiger partial charge in [0.1, 0.15) is 0 Å². The Morgan fingerprint density at radius 2 is 1.75 bits per heavy atom. The molecule has 0 unspecified atom stereocenters. The zero-order valence-corrected chi connectivity index (χ0v) is 14.1. The van der Waals surface area contributed by atoms with Crippen LogP contribution >= 0.6 is 23.2 Å². The third kappa shape index (κ3) is 3.91. The molecule has 6 heteroatoms.